The Bertz CT molecular complexity index is 364. The van der Waals surface area contributed by atoms with Crippen molar-refractivity contribution in [3.05, 3.63) is 0 Å². The monoisotopic (exact) mass is 380 g/mol. The third-order valence-electron chi connectivity index (χ3n) is 5.75. The van der Waals surface area contributed by atoms with E-state index in [9.17, 15) is 4.79 Å². The highest BCUT2D eigenvalue weighted by molar-refractivity contribution is 5.85. The number of hydrogen-bond donors (Lipinski definition) is 2. The molecule has 5 nitrogen and oxygen atoms in total. The van der Waals surface area contributed by atoms with Crippen LogP contribution in [0.2, 0.25) is 0 Å². The highest BCUT2D eigenvalue weighted by atomic mass is 35.5. The topological polar surface area (TPSA) is 47.6 Å². The first kappa shape index (κ1) is 22.0. The Hall–Kier alpha value is -0.0700. The van der Waals surface area contributed by atoms with E-state index < -0.39 is 0 Å². The van der Waals surface area contributed by atoms with Crippen molar-refractivity contribution in [3.63, 3.8) is 0 Å². The van der Waals surface area contributed by atoms with Crippen molar-refractivity contribution >= 4 is 30.7 Å². The number of piperidine rings is 3. The van der Waals surface area contributed by atoms with Crippen LogP contribution in [-0.2, 0) is 4.79 Å². The van der Waals surface area contributed by atoms with Gasteiger partial charge in [0.05, 0.1) is 5.92 Å². The normalized spacial score (nSPS) is 27.8. The molecule has 0 spiro atoms. The van der Waals surface area contributed by atoms with Crippen LogP contribution in [-0.4, -0.2) is 74.1 Å². The fraction of sp³-hybridized carbons (Fsp3) is 0.941. The van der Waals surface area contributed by atoms with Crippen molar-refractivity contribution in [3.8, 4) is 0 Å². The fourth-order valence-electron chi connectivity index (χ4n) is 4.16. The van der Waals surface area contributed by atoms with Gasteiger partial charge in [-0.15, -0.1) is 24.8 Å². The number of halogens is 2. The van der Waals surface area contributed by atoms with Gasteiger partial charge in [-0.25, -0.2) is 0 Å². The van der Waals surface area contributed by atoms with Gasteiger partial charge >= 0.3 is 0 Å². The molecule has 3 aliphatic rings. The van der Waals surface area contributed by atoms with Crippen molar-refractivity contribution < 1.29 is 4.79 Å². The number of rotatable bonds is 3. The summed E-state index contributed by atoms with van der Waals surface area (Å²) in [5.41, 5.74) is 0. The molecule has 7 heteroatoms. The largest absolute Gasteiger partial charge is 0.353 e. The number of amides is 1. The molecule has 3 rings (SSSR count). The van der Waals surface area contributed by atoms with Gasteiger partial charge in [-0.1, -0.05) is 0 Å². The molecule has 3 heterocycles. The van der Waals surface area contributed by atoms with E-state index in [-0.39, 0.29) is 36.6 Å². The molecule has 0 saturated carbocycles. The first-order chi connectivity index (χ1) is 10.7. The third kappa shape index (κ3) is 6.03. The van der Waals surface area contributed by atoms with Crippen molar-refractivity contribution in [1.82, 2.24) is 20.4 Å². The summed E-state index contributed by atoms with van der Waals surface area (Å²) in [5.74, 6) is 0.477. The van der Waals surface area contributed by atoms with E-state index in [2.05, 4.69) is 27.5 Å². The Morgan fingerprint density at radius 3 is 2.25 bits per heavy atom. The van der Waals surface area contributed by atoms with E-state index in [0.29, 0.717) is 6.04 Å². The Balaban J connectivity index is 0.00000144. The molecule has 2 N–H and O–H groups in total. The molecular formula is C17H34Cl2N4O. The van der Waals surface area contributed by atoms with E-state index in [1.165, 1.54) is 25.9 Å². The number of likely N-dealkylation sites (tertiary alicyclic amines) is 2. The molecule has 1 unspecified atom stereocenters. The lowest BCUT2D eigenvalue weighted by Gasteiger charge is -2.41. The summed E-state index contributed by atoms with van der Waals surface area (Å²) in [6.07, 6.45) is 7.04. The average Bonchev–Trinajstić information content (AvgIpc) is 2.57. The van der Waals surface area contributed by atoms with Gasteiger partial charge in [-0.2, -0.15) is 0 Å². The van der Waals surface area contributed by atoms with Crippen LogP contribution in [0.4, 0.5) is 0 Å². The molecule has 24 heavy (non-hydrogen) atoms. The van der Waals surface area contributed by atoms with Gasteiger partial charge in [0.15, 0.2) is 0 Å². The fourth-order valence-corrected chi connectivity index (χ4v) is 4.16. The van der Waals surface area contributed by atoms with Crippen LogP contribution >= 0.6 is 24.8 Å². The predicted molar refractivity (Wildman–Crippen MR) is 103 cm³/mol. The molecule has 0 bridgehead atoms. The molecule has 3 fully saturated rings. The lowest BCUT2D eigenvalue weighted by molar-refractivity contribution is -0.126. The summed E-state index contributed by atoms with van der Waals surface area (Å²) in [6, 6.07) is 1.17. The highest BCUT2D eigenvalue weighted by Gasteiger charge is 2.29. The van der Waals surface area contributed by atoms with Crippen LogP contribution in [0.15, 0.2) is 0 Å². The standard InChI is InChI=1S/C17H32N4O.2ClH/c1-20-9-6-16(7-10-20)21-11-4-15(5-12-21)19-17(22)14-3-2-8-18-13-14;;/h14-16,18H,2-13H2,1H3,(H,19,22);2*1H. The number of carbonyl (C=O) groups excluding carboxylic acids is 1. The molecular weight excluding hydrogens is 347 g/mol. The maximum atomic E-state index is 12.3. The Kier molecular flexibility index (Phi) is 9.90. The Morgan fingerprint density at radius 1 is 1.00 bits per heavy atom. The zero-order valence-electron chi connectivity index (χ0n) is 14.8. The second kappa shape index (κ2) is 10.8. The maximum absolute atomic E-state index is 12.3. The number of nitrogens with zero attached hydrogens (tertiary/aromatic N) is 2. The molecule has 1 atom stereocenters. The molecule has 142 valence electrons. The Labute approximate surface area is 159 Å². The van der Waals surface area contributed by atoms with Crippen molar-refractivity contribution in [2.75, 3.05) is 46.3 Å². The van der Waals surface area contributed by atoms with Crippen LogP contribution in [0.3, 0.4) is 0 Å². The number of nitrogens with one attached hydrogen (secondary N) is 2. The smallest absolute Gasteiger partial charge is 0.224 e. The first-order valence-electron chi connectivity index (χ1n) is 9.16. The minimum atomic E-state index is 0. The van der Waals surface area contributed by atoms with Gasteiger partial charge in [0.1, 0.15) is 0 Å². The lowest BCUT2D eigenvalue weighted by atomic mass is 9.95. The molecule has 3 aliphatic heterocycles. The molecule has 3 saturated heterocycles. The van der Waals surface area contributed by atoms with Gasteiger partial charge in [0.2, 0.25) is 5.91 Å². The van der Waals surface area contributed by atoms with Crippen molar-refractivity contribution in [1.29, 1.82) is 0 Å². The Morgan fingerprint density at radius 2 is 1.67 bits per heavy atom. The van der Waals surface area contributed by atoms with Crippen LogP contribution in [0.5, 0.6) is 0 Å². The van der Waals surface area contributed by atoms with E-state index in [1.807, 2.05) is 0 Å². The minimum Gasteiger partial charge on any atom is -0.353 e. The average molecular weight is 381 g/mol. The van der Waals surface area contributed by atoms with E-state index in [1.54, 1.807) is 0 Å². The summed E-state index contributed by atoms with van der Waals surface area (Å²) >= 11 is 0. The van der Waals surface area contributed by atoms with Crippen LogP contribution in [0.25, 0.3) is 0 Å². The maximum Gasteiger partial charge on any atom is 0.224 e. The second-order valence-electron chi connectivity index (χ2n) is 7.40. The summed E-state index contributed by atoms with van der Waals surface area (Å²) in [4.78, 5) is 17.4. The van der Waals surface area contributed by atoms with Gasteiger partial charge in [0, 0.05) is 31.7 Å². The first-order valence-corrected chi connectivity index (χ1v) is 9.16. The highest BCUT2D eigenvalue weighted by Crippen LogP contribution is 2.21. The third-order valence-corrected chi connectivity index (χ3v) is 5.75. The molecule has 0 aromatic carbocycles. The zero-order chi connectivity index (χ0) is 15.4. The molecule has 0 aromatic heterocycles. The molecule has 0 aromatic rings. The van der Waals surface area contributed by atoms with Crippen LogP contribution < -0.4 is 10.6 Å². The number of carbonyl (C=O) groups is 1. The van der Waals surface area contributed by atoms with Gasteiger partial charge < -0.3 is 20.4 Å². The molecule has 0 aliphatic carbocycles. The van der Waals surface area contributed by atoms with Gasteiger partial charge in [-0.05, 0) is 65.2 Å². The summed E-state index contributed by atoms with van der Waals surface area (Å²) in [5, 5.41) is 6.64. The summed E-state index contributed by atoms with van der Waals surface area (Å²) in [6.45, 7) is 6.70. The summed E-state index contributed by atoms with van der Waals surface area (Å²) in [7, 11) is 2.22. The summed E-state index contributed by atoms with van der Waals surface area (Å²) < 4.78 is 0. The van der Waals surface area contributed by atoms with Crippen molar-refractivity contribution in [2.45, 2.75) is 50.6 Å². The molecule has 1 amide bonds. The minimum absolute atomic E-state index is 0. The van der Waals surface area contributed by atoms with Gasteiger partial charge in [-0.3, -0.25) is 4.79 Å². The molecule has 0 radical (unpaired) electrons. The lowest BCUT2D eigenvalue weighted by Crippen LogP contribution is -2.52. The van der Waals surface area contributed by atoms with Gasteiger partial charge in [0.25, 0.3) is 0 Å². The van der Waals surface area contributed by atoms with E-state index in [0.717, 1.165) is 57.9 Å². The SMILES string of the molecule is CN1CCC(N2CCC(NC(=O)C3CCCNC3)CC2)CC1.Cl.Cl. The number of hydrogen-bond acceptors (Lipinski definition) is 4. The van der Waals surface area contributed by atoms with E-state index in [4.69, 9.17) is 0 Å². The van der Waals surface area contributed by atoms with E-state index >= 15 is 0 Å². The second-order valence-corrected chi connectivity index (χ2v) is 7.40. The van der Waals surface area contributed by atoms with Crippen LogP contribution in [0.1, 0.15) is 38.5 Å². The zero-order valence-corrected chi connectivity index (χ0v) is 16.5. The predicted octanol–water partition coefficient (Wildman–Crippen LogP) is 1.50. The van der Waals surface area contributed by atoms with Crippen LogP contribution in [0, 0.1) is 5.92 Å². The quantitative estimate of drug-likeness (QED) is 0.778. The van der Waals surface area contributed by atoms with Crippen molar-refractivity contribution in [2.24, 2.45) is 5.92 Å².